The van der Waals surface area contributed by atoms with Crippen molar-refractivity contribution >= 4 is 23.7 Å². The lowest BCUT2D eigenvalue weighted by molar-refractivity contribution is -0.117. The van der Waals surface area contributed by atoms with Gasteiger partial charge < -0.3 is 5.32 Å². The van der Waals surface area contributed by atoms with Crippen LogP contribution in [0.15, 0.2) is 42.3 Å². The van der Waals surface area contributed by atoms with Crippen LogP contribution in [-0.2, 0) is 11.3 Å². The molecule has 26 heavy (non-hydrogen) atoms. The third-order valence-electron chi connectivity index (χ3n) is 3.22. The van der Waals surface area contributed by atoms with Gasteiger partial charge in [0.25, 0.3) is 0 Å². The highest BCUT2D eigenvalue weighted by Gasteiger charge is 2.15. The van der Waals surface area contributed by atoms with Crippen molar-refractivity contribution in [1.82, 2.24) is 30.4 Å². The van der Waals surface area contributed by atoms with E-state index >= 15 is 0 Å². The maximum Gasteiger partial charge on any atom is 0.321 e. The molecule has 8 nitrogen and oxygen atoms in total. The molecule has 0 aliphatic rings. The number of thioether (sulfide) groups is 1. The normalized spacial score (nSPS) is 10.6. The van der Waals surface area contributed by atoms with Gasteiger partial charge >= 0.3 is 6.03 Å². The zero-order chi connectivity index (χ0) is 18.9. The Bertz CT molecular complexity index is 760. The lowest BCUT2D eigenvalue weighted by Crippen LogP contribution is -2.41. The lowest BCUT2D eigenvalue weighted by Gasteiger charge is -2.09. The summed E-state index contributed by atoms with van der Waals surface area (Å²) in [4.78, 5) is 27.6. The minimum Gasteiger partial charge on any atom is -0.338 e. The van der Waals surface area contributed by atoms with Crippen molar-refractivity contribution in [2.75, 3.05) is 12.3 Å². The number of amides is 3. The third-order valence-corrected chi connectivity index (χ3v) is 4.19. The van der Waals surface area contributed by atoms with E-state index in [2.05, 4.69) is 32.4 Å². The van der Waals surface area contributed by atoms with Crippen molar-refractivity contribution < 1.29 is 9.59 Å². The van der Waals surface area contributed by atoms with Gasteiger partial charge in [-0.3, -0.25) is 19.7 Å². The molecule has 0 radical (unpaired) electrons. The SMILES string of the molecule is C=CCn1c(SCC(=O)NC(=O)NCC(C)C)nnc1-c1ccncc1. The van der Waals surface area contributed by atoms with Crippen LogP contribution in [0, 0.1) is 5.92 Å². The van der Waals surface area contributed by atoms with Crippen LogP contribution in [0.3, 0.4) is 0 Å². The molecule has 3 amide bonds. The van der Waals surface area contributed by atoms with Gasteiger partial charge in [0.1, 0.15) is 0 Å². The Hall–Kier alpha value is -2.68. The van der Waals surface area contributed by atoms with E-state index in [4.69, 9.17) is 0 Å². The van der Waals surface area contributed by atoms with E-state index in [1.165, 1.54) is 11.8 Å². The summed E-state index contributed by atoms with van der Waals surface area (Å²) in [7, 11) is 0. The second kappa shape index (κ2) is 9.71. The van der Waals surface area contributed by atoms with Crippen LogP contribution in [0.4, 0.5) is 4.79 Å². The predicted octanol–water partition coefficient (Wildman–Crippen LogP) is 2.10. The fraction of sp³-hybridized carbons (Fsp3) is 0.353. The summed E-state index contributed by atoms with van der Waals surface area (Å²) >= 11 is 1.21. The second-order valence-electron chi connectivity index (χ2n) is 5.88. The summed E-state index contributed by atoms with van der Waals surface area (Å²) in [5.41, 5.74) is 0.874. The Balaban J connectivity index is 1.99. The van der Waals surface area contributed by atoms with E-state index < -0.39 is 11.9 Å². The smallest absolute Gasteiger partial charge is 0.321 e. The molecular weight excluding hydrogens is 352 g/mol. The molecule has 2 aromatic heterocycles. The fourth-order valence-electron chi connectivity index (χ4n) is 2.04. The molecule has 0 fully saturated rings. The van der Waals surface area contributed by atoms with E-state index in [1.54, 1.807) is 18.5 Å². The van der Waals surface area contributed by atoms with Gasteiger partial charge in [-0.05, 0) is 18.1 Å². The Morgan fingerprint density at radius 2 is 2.04 bits per heavy atom. The summed E-state index contributed by atoms with van der Waals surface area (Å²) in [6.07, 6.45) is 5.09. The van der Waals surface area contributed by atoms with Gasteiger partial charge in [-0.1, -0.05) is 31.7 Å². The zero-order valence-corrected chi connectivity index (χ0v) is 15.6. The Morgan fingerprint density at radius 1 is 1.31 bits per heavy atom. The monoisotopic (exact) mass is 374 g/mol. The topological polar surface area (TPSA) is 102 Å². The number of urea groups is 1. The first-order valence-electron chi connectivity index (χ1n) is 8.16. The molecule has 0 aliphatic carbocycles. The highest BCUT2D eigenvalue weighted by atomic mass is 32.2. The highest BCUT2D eigenvalue weighted by molar-refractivity contribution is 7.99. The lowest BCUT2D eigenvalue weighted by atomic mass is 10.2. The van der Waals surface area contributed by atoms with Crippen LogP contribution in [0.25, 0.3) is 11.4 Å². The Morgan fingerprint density at radius 3 is 2.69 bits per heavy atom. The van der Waals surface area contributed by atoms with E-state index in [0.29, 0.717) is 30.0 Å². The number of aromatic nitrogens is 4. The number of carbonyl (C=O) groups is 2. The van der Waals surface area contributed by atoms with Crippen molar-refractivity contribution in [2.45, 2.75) is 25.5 Å². The Kier molecular flexibility index (Phi) is 7.34. The maximum atomic E-state index is 11.9. The molecule has 2 rings (SSSR count). The minimum atomic E-state index is -0.491. The predicted molar refractivity (Wildman–Crippen MR) is 101 cm³/mol. The molecule has 0 saturated carbocycles. The van der Waals surface area contributed by atoms with Crippen molar-refractivity contribution in [3.63, 3.8) is 0 Å². The zero-order valence-electron chi connectivity index (χ0n) is 14.8. The first-order valence-corrected chi connectivity index (χ1v) is 9.14. The van der Waals surface area contributed by atoms with Crippen molar-refractivity contribution in [3.05, 3.63) is 37.2 Å². The molecule has 9 heteroatoms. The van der Waals surface area contributed by atoms with Crippen LogP contribution in [0.2, 0.25) is 0 Å². The number of pyridine rings is 1. The minimum absolute atomic E-state index is 0.0563. The molecule has 0 saturated heterocycles. The first-order chi connectivity index (χ1) is 12.5. The first kappa shape index (κ1) is 19.6. The summed E-state index contributed by atoms with van der Waals surface area (Å²) in [6, 6.07) is 3.18. The molecule has 2 aromatic rings. The van der Waals surface area contributed by atoms with Gasteiger partial charge in [-0.15, -0.1) is 16.8 Å². The highest BCUT2D eigenvalue weighted by Crippen LogP contribution is 2.23. The van der Waals surface area contributed by atoms with E-state index in [9.17, 15) is 9.59 Å². The summed E-state index contributed by atoms with van der Waals surface area (Å²) in [5.74, 6) is 0.648. The molecule has 0 unspecified atom stereocenters. The molecule has 138 valence electrons. The van der Waals surface area contributed by atoms with Gasteiger partial charge in [0, 0.05) is 31.0 Å². The van der Waals surface area contributed by atoms with E-state index in [0.717, 1.165) is 5.56 Å². The van der Waals surface area contributed by atoms with Crippen molar-refractivity contribution in [3.8, 4) is 11.4 Å². The average molecular weight is 374 g/mol. The average Bonchev–Trinajstić information content (AvgIpc) is 3.02. The van der Waals surface area contributed by atoms with Crippen molar-refractivity contribution in [1.29, 1.82) is 0 Å². The Labute approximate surface area is 156 Å². The summed E-state index contributed by atoms with van der Waals surface area (Å²) < 4.78 is 1.86. The fourth-order valence-corrected chi connectivity index (χ4v) is 2.79. The number of carbonyl (C=O) groups excluding carboxylic acids is 2. The second-order valence-corrected chi connectivity index (χ2v) is 6.82. The summed E-state index contributed by atoms with van der Waals surface area (Å²) in [6.45, 7) is 8.72. The number of hydrogen-bond donors (Lipinski definition) is 2. The number of nitrogens with one attached hydrogen (secondary N) is 2. The van der Waals surface area contributed by atoms with Gasteiger partial charge in [0.2, 0.25) is 5.91 Å². The standard InChI is InChI=1S/C17H22N6O2S/c1-4-9-23-15(13-5-7-18-8-6-13)21-22-17(23)26-11-14(24)20-16(25)19-10-12(2)3/h4-8,12H,1,9-11H2,2-3H3,(H2,19,20,24,25). The molecular formula is C17H22N6O2S. The largest absolute Gasteiger partial charge is 0.338 e. The molecule has 0 atom stereocenters. The third kappa shape index (κ3) is 5.69. The molecule has 0 spiro atoms. The van der Waals surface area contributed by atoms with Crippen LogP contribution in [0.5, 0.6) is 0 Å². The molecule has 0 aliphatic heterocycles. The van der Waals surface area contributed by atoms with Gasteiger partial charge in [0.05, 0.1) is 5.75 Å². The van der Waals surface area contributed by atoms with Crippen molar-refractivity contribution in [2.24, 2.45) is 5.92 Å². The number of rotatable bonds is 8. The van der Waals surface area contributed by atoms with Crippen LogP contribution in [-0.4, -0.2) is 44.0 Å². The number of nitrogens with zero attached hydrogens (tertiary/aromatic N) is 4. The quantitative estimate of drug-likeness (QED) is 0.542. The van der Waals surface area contributed by atoms with Gasteiger partial charge in [-0.25, -0.2) is 4.79 Å². The van der Waals surface area contributed by atoms with E-state index in [-0.39, 0.29) is 5.75 Å². The number of hydrogen-bond acceptors (Lipinski definition) is 6. The van der Waals surface area contributed by atoms with Crippen LogP contribution >= 0.6 is 11.8 Å². The molecule has 2 heterocycles. The van der Waals surface area contributed by atoms with Crippen LogP contribution < -0.4 is 10.6 Å². The summed E-state index contributed by atoms with van der Waals surface area (Å²) in [5, 5.41) is 13.9. The van der Waals surface area contributed by atoms with Crippen LogP contribution in [0.1, 0.15) is 13.8 Å². The molecule has 0 bridgehead atoms. The number of allylic oxidation sites excluding steroid dienone is 1. The molecule has 0 aromatic carbocycles. The number of imide groups is 1. The maximum absolute atomic E-state index is 11.9. The van der Waals surface area contributed by atoms with E-state index in [1.807, 2.05) is 30.5 Å². The molecule has 2 N–H and O–H groups in total. The van der Waals surface area contributed by atoms with Gasteiger partial charge in [0.15, 0.2) is 11.0 Å². The van der Waals surface area contributed by atoms with Gasteiger partial charge in [-0.2, -0.15) is 0 Å².